The molecule has 1 aliphatic heterocycles. The van der Waals surface area contributed by atoms with Gasteiger partial charge in [-0.15, -0.1) is 0 Å². The Morgan fingerprint density at radius 2 is 0.908 bits per heavy atom. The van der Waals surface area contributed by atoms with Crippen LogP contribution in [0.2, 0.25) is 0 Å². The minimum Gasteiger partial charge on any atom is -0.457 e. The summed E-state index contributed by atoms with van der Waals surface area (Å²) in [6.07, 6.45) is 5.82. The summed E-state index contributed by atoms with van der Waals surface area (Å²) in [5, 5.41) is 0. The van der Waals surface area contributed by atoms with Gasteiger partial charge in [0.15, 0.2) is 0 Å². The zero-order chi connectivity index (χ0) is 43.5. The van der Waals surface area contributed by atoms with Crippen molar-refractivity contribution < 1.29 is 4.74 Å². The highest BCUT2D eigenvalue weighted by molar-refractivity contribution is 5.93. The van der Waals surface area contributed by atoms with Gasteiger partial charge in [-0.2, -0.15) is 0 Å². The van der Waals surface area contributed by atoms with Crippen LogP contribution in [0.15, 0.2) is 261 Å². The first kappa shape index (κ1) is 38.5. The Morgan fingerprint density at radius 1 is 0.415 bits per heavy atom. The second-order valence-electron chi connectivity index (χ2n) is 17.2. The summed E-state index contributed by atoms with van der Waals surface area (Å²) in [7, 11) is 0. The van der Waals surface area contributed by atoms with E-state index in [9.17, 15) is 0 Å². The predicted molar refractivity (Wildman–Crippen MR) is 268 cm³/mol. The van der Waals surface area contributed by atoms with Gasteiger partial charge in [0.1, 0.15) is 11.5 Å². The van der Waals surface area contributed by atoms with Crippen LogP contribution in [0, 0.1) is 0 Å². The quantitative estimate of drug-likeness (QED) is 0.141. The Balaban J connectivity index is 1.11. The monoisotopic (exact) mass is 831 g/mol. The van der Waals surface area contributed by atoms with Crippen LogP contribution < -0.4 is 9.64 Å². The molecule has 0 N–H and O–H groups in total. The molecule has 0 fully saturated rings. The lowest BCUT2D eigenvalue weighted by Crippen LogP contribution is -2.33. The van der Waals surface area contributed by atoms with Crippen molar-refractivity contribution in [3.63, 3.8) is 0 Å². The van der Waals surface area contributed by atoms with Gasteiger partial charge < -0.3 is 9.64 Å². The average Bonchev–Trinajstić information content (AvgIpc) is 3.83. The lowest BCUT2D eigenvalue weighted by Gasteiger charge is -2.39. The van der Waals surface area contributed by atoms with Crippen molar-refractivity contribution in [1.82, 2.24) is 0 Å². The average molecular weight is 832 g/mol. The van der Waals surface area contributed by atoms with Crippen molar-refractivity contribution in [2.75, 3.05) is 4.90 Å². The van der Waals surface area contributed by atoms with E-state index < -0.39 is 10.8 Å². The molecule has 2 aliphatic carbocycles. The third-order valence-electron chi connectivity index (χ3n) is 14.0. The Kier molecular flexibility index (Phi) is 9.03. The van der Waals surface area contributed by atoms with Crippen molar-refractivity contribution >= 4 is 17.1 Å². The fraction of sp³-hybridized carbons (Fsp3) is 0.0476. The lowest BCUT2D eigenvalue weighted by molar-refractivity contribution is 0.399. The first-order valence-electron chi connectivity index (χ1n) is 22.5. The summed E-state index contributed by atoms with van der Waals surface area (Å²) in [5.41, 5.74) is 19.4. The first-order chi connectivity index (χ1) is 32.1. The molecule has 2 heteroatoms. The molecule has 0 saturated carbocycles. The van der Waals surface area contributed by atoms with Crippen LogP contribution in [0.25, 0.3) is 33.4 Å². The largest absolute Gasteiger partial charge is 0.457 e. The highest BCUT2D eigenvalue weighted by atomic mass is 16.5. The van der Waals surface area contributed by atoms with E-state index in [1.54, 1.807) is 0 Å². The summed E-state index contributed by atoms with van der Waals surface area (Å²) in [4.78, 5) is 2.45. The Morgan fingerprint density at radius 3 is 1.58 bits per heavy atom. The molecule has 1 atom stereocenters. The van der Waals surface area contributed by atoms with Gasteiger partial charge in [-0.1, -0.05) is 201 Å². The van der Waals surface area contributed by atoms with E-state index in [-0.39, 0.29) is 0 Å². The SMILES string of the molecule is C=C/C=C\C1=C(C)C2(c3ccccc3O1)c1ccccc1-c1cc(N(c3ccc(-c4ccccc4)cc3)c3ccc4c(c3)C(c3ccccc3)(c3ccccc3)c3ccccc3-4)ccc12. The summed E-state index contributed by atoms with van der Waals surface area (Å²) >= 11 is 0. The number of anilines is 3. The van der Waals surface area contributed by atoms with Gasteiger partial charge in [-0.3, -0.25) is 0 Å². The van der Waals surface area contributed by atoms with E-state index in [2.05, 4.69) is 243 Å². The number of rotatable bonds is 8. The molecule has 9 aromatic rings. The summed E-state index contributed by atoms with van der Waals surface area (Å²) in [6, 6.07) is 82.5. The maximum absolute atomic E-state index is 6.66. The van der Waals surface area contributed by atoms with E-state index in [1.807, 2.05) is 18.2 Å². The summed E-state index contributed by atoms with van der Waals surface area (Å²) < 4.78 is 6.66. The number of benzene rings is 9. The van der Waals surface area contributed by atoms with E-state index in [4.69, 9.17) is 4.74 Å². The molecule has 3 aliphatic rings. The van der Waals surface area contributed by atoms with Crippen LogP contribution in [0.4, 0.5) is 17.1 Å². The zero-order valence-corrected chi connectivity index (χ0v) is 36.2. The molecule has 2 nitrogen and oxygen atoms in total. The van der Waals surface area contributed by atoms with E-state index in [1.165, 1.54) is 66.8 Å². The van der Waals surface area contributed by atoms with Gasteiger partial charge in [0.25, 0.3) is 0 Å². The number of fused-ring (bicyclic) bond motifs is 10. The van der Waals surface area contributed by atoms with Gasteiger partial charge in [-0.05, 0) is 128 Å². The first-order valence-corrected chi connectivity index (χ1v) is 22.5. The minimum atomic E-state index is -0.549. The van der Waals surface area contributed by atoms with Gasteiger partial charge in [0.05, 0.1) is 10.8 Å². The zero-order valence-electron chi connectivity index (χ0n) is 36.2. The van der Waals surface area contributed by atoms with Crippen LogP contribution in [0.3, 0.4) is 0 Å². The molecule has 0 radical (unpaired) electrons. The number of para-hydroxylation sites is 1. The third-order valence-corrected chi connectivity index (χ3v) is 14.0. The molecule has 1 unspecified atom stereocenters. The third kappa shape index (κ3) is 5.67. The fourth-order valence-electron chi connectivity index (χ4n) is 11.3. The van der Waals surface area contributed by atoms with Crippen molar-refractivity contribution in [1.29, 1.82) is 0 Å². The van der Waals surface area contributed by atoms with Crippen LogP contribution in [0.1, 0.15) is 45.9 Å². The normalized spacial score (nSPS) is 16.0. The maximum Gasteiger partial charge on any atom is 0.132 e. The summed E-state index contributed by atoms with van der Waals surface area (Å²) in [5.74, 6) is 1.71. The molecule has 1 heterocycles. The standard InChI is InChI=1S/C63H45NO/c1-3-4-31-60-43(2)62(58-30-18-19-32-61(58)65-60)55-28-16-15-27-52(55)54-41-49(38-40-57(54)62)64(48-35-33-45(34-36-48)44-20-8-5-9-21-44)50-37-39-53-51-26-14-17-29-56(51)63(59(53)42-50,46-22-10-6-11-23-46)47-24-12-7-13-25-47/h3-42H,1H2,2H3/b31-4-. The van der Waals surface area contributed by atoms with Crippen LogP contribution in [-0.2, 0) is 10.8 Å². The van der Waals surface area contributed by atoms with E-state index in [0.717, 1.165) is 39.7 Å². The second-order valence-corrected chi connectivity index (χ2v) is 17.2. The van der Waals surface area contributed by atoms with Crippen LogP contribution in [0.5, 0.6) is 5.75 Å². The predicted octanol–water partition coefficient (Wildman–Crippen LogP) is 15.9. The molecule has 308 valence electrons. The topological polar surface area (TPSA) is 12.5 Å². The number of hydrogen-bond acceptors (Lipinski definition) is 2. The molecular weight excluding hydrogens is 787 g/mol. The van der Waals surface area contributed by atoms with E-state index >= 15 is 0 Å². The van der Waals surface area contributed by atoms with Gasteiger partial charge >= 0.3 is 0 Å². The second kappa shape index (κ2) is 15.3. The van der Waals surface area contributed by atoms with Crippen molar-refractivity contribution in [3.8, 4) is 39.1 Å². The van der Waals surface area contributed by atoms with Crippen molar-refractivity contribution in [2.45, 2.75) is 17.8 Å². The number of hydrogen-bond donors (Lipinski definition) is 0. The molecule has 0 amide bonds. The maximum atomic E-state index is 6.66. The molecule has 9 aromatic carbocycles. The number of nitrogens with zero attached hydrogens (tertiary/aromatic N) is 1. The number of ether oxygens (including phenoxy) is 1. The summed E-state index contributed by atoms with van der Waals surface area (Å²) in [6.45, 7) is 6.20. The van der Waals surface area contributed by atoms with Gasteiger partial charge in [0, 0.05) is 22.6 Å². The highest BCUT2D eigenvalue weighted by Crippen LogP contribution is 2.62. The van der Waals surface area contributed by atoms with E-state index in [0.29, 0.717) is 0 Å². The molecule has 12 rings (SSSR count). The molecule has 1 spiro atoms. The van der Waals surface area contributed by atoms with Crippen LogP contribution >= 0.6 is 0 Å². The fourth-order valence-corrected chi connectivity index (χ4v) is 11.3. The molecule has 0 bridgehead atoms. The van der Waals surface area contributed by atoms with Crippen LogP contribution in [-0.4, -0.2) is 0 Å². The van der Waals surface area contributed by atoms with Gasteiger partial charge in [0.2, 0.25) is 0 Å². The molecule has 65 heavy (non-hydrogen) atoms. The van der Waals surface area contributed by atoms with Gasteiger partial charge in [-0.25, -0.2) is 0 Å². The Labute approximate surface area is 381 Å². The smallest absolute Gasteiger partial charge is 0.132 e. The van der Waals surface area contributed by atoms with Crippen molar-refractivity contribution in [3.05, 3.63) is 300 Å². The molecular formula is C63H45NO. The minimum absolute atomic E-state index is 0.533. The molecule has 0 aromatic heterocycles. The number of allylic oxidation sites excluding steroid dienone is 4. The van der Waals surface area contributed by atoms with Crippen molar-refractivity contribution in [2.24, 2.45) is 0 Å². The highest BCUT2D eigenvalue weighted by Gasteiger charge is 2.51. The molecule has 0 saturated heterocycles. The lowest BCUT2D eigenvalue weighted by atomic mass is 9.66. The Bertz CT molecular complexity index is 3320. The Hall–Kier alpha value is -8.20.